The first kappa shape index (κ1) is 22.5. The van der Waals surface area contributed by atoms with Gasteiger partial charge in [-0.15, -0.1) is 6.58 Å². The molecule has 0 aromatic carbocycles. The van der Waals surface area contributed by atoms with E-state index >= 15 is 0 Å². The van der Waals surface area contributed by atoms with E-state index in [0.29, 0.717) is 0 Å². The molecule has 0 radical (unpaired) electrons. The second-order valence-electron chi connectivity index (χ2n) is 1.03. The van der Waals surface area contributed by atoms with Gasteiger partial charge in [-0.3, -0.25) is 0 Å². The molecule has 1 nitrogen and oxygen atoms in total. The van der Waals surface area contributed by atoms with Crippen LogP contribution >= 0.6 is 0 Å². The van der Waals surface area contributed by atoms with E-state index in [1.54, 1.807) is 18.2 Å². The van der Waals surface area contributed by atoms with Crippen molar-refractivity contribution in [3.05, 3.63) is 37.6 Å². The van der Waals surface area contributed by atoms with Gasteiger partial charge < -0.3 is 5.73 Å². The van der Waals surface area contributed by atoms with Crippen molar-refractivity contribution in [2.75, 3.05) is 0 Å². The molecule has 12 heavy (non-hydrogen) atoms. The predicted molar refractivity (Wildman–Crippen MR) is 62.1 cm³/mol. The monoisotopic (exact) mass is 171 g/mol. The molecule has 0 aliphatic rings. The maximum atomic E-state index is 4.89. The normalized spacial score (nSPS) is 5.75. The molecule has 1 heteroatoms. The highest BCUT2D eigenvalue weighted by Gasteiger charge is 1.41. The molecule has 0 spiro atoms. The SMILES string of the molecule is C=C/C=C\N.C=CC.CC.CC. The van der Waals surface area contributed by atoms with Crippen molar-refractivity contribution in [3.63, 3.8) is 0 Å². The lowest BCUT2D eigenvalue weighted by Crippen LogP contribution is -1.71. The molecule has 0 fully saturated rings. The Labute approximate surface area is 78.7 Å². The van der Waals surface area contributed by atoms with Crippen molar-refractivity contribution >= 4 is 0 Å². The lowest BCUT2D eigenvalue weighted by atomic mass is 10.6. The Morgan fingerprint density at radius 1 is 1.00 bits per heavy atom. The summed E-state index contributed by atoms with van der Waals surface area (Å²) in [6, 6.07) is 0. The van der Waals surface area contributed by atoms with Crippen LogP contribution in [-0.2, 0) is 0 Å². The van der Waals surface area contributed by atoms with E-state index in [-0.39, 0.29) is 0 Å². The van der Waals surface area contributed by atoms with Crippen LogP contribution in [0.5, 0.6) is 0 Å². The van der Waals surface area contributed by atoms with Crippen molar-refractivity contribution < 1.29 is 0 Å². The van der Waals surface area contributed by atoms with E-state index in [4.69, 9.17) is 5.73 Å². The fraction of sp³-hybridized carbons (Fsp3) is 0.455. The van der Waals surface area contributed by atoms with Crippen molar-refractivity contribution in [2.45, 2.75) is 34.6 Å². The van der Waals surface area contributed by atoms with Gasteiger partial charge in [0, 0.05) is 0 Å². The summed E-state index contributed by atoms with van der Waals surface area (Å²) in [4.78, 5) is 0. The van der Waals surface area contributed by atoms with Gasteiger partial charge in [0.25, 0.3) is 0 Å². The Morgan fingerprint density at radius 3 is 1.25 bits per heavy atom. The fourth-order valence-corrected chi connectivity index (χ4v) is 0.0786. The summed E-state index contributed by atoms with van der Waals surface area (Å²) in [5.41, 5.74) is 4.89. The largest absolute Gasteiger partial charge is 0.405 e. The van der Waals surface area contributed by atoms with E-state index < -0.39 is 0 Å². The molecule has 0 saturated heterocycles. The van der Waals surface area contributed by atoms with Gasteiger partial charge in [-0.25, -0.2) is 0 Å². The van der Waals surface area contributed by atoms with Crippen molar-refractivity contribution in [1.29, 1.82) is 0 Å². The van der Waals surface area contributed by atoms with Crippen LogP contribution in [0.3, 0.4) is 0 Å². The van der Waals surface area contributed by atoms with Crippen LogP contribution in [-0.4, -0.2) is 0 Å². The van der Waals surface area contributed by atoms with Gasteiger partial charge in [0.2, 0.25) is 0 Å². The molecule has 0 rings (SSSR count). The number of hydrogen-bond acceptors (Lipinski definition) is 1. The smallest absolute Gasteiger partial charge is 0.00626 e. The first-order chi connectivity index (χ1) is 5.83. The van der Waals surface area contributed by atoms with Gasteiger partial charge in [-0.2, -0.15) is 0 Å². The van der Waals surface area contributed by atoms with Gasteiger partial charge in [0.05, 0.1) is 0 Å². The van der Waals surface area contributed by atoms with E-state index in [1.807, 2.05) is 34.6 Å². The summed E-state index contributed by atoms with van der Waals surface area (Å²) in [5, 5.41) is 0. The van der Waals surface area contributed by atoms with E-state index in [2.05, 4.69) is 13.2 Å². The Morgan fingerprint density at radius 2 is 1.25 bits per heavy atom. The Hall–Kier alpha value is -0.980. The van der Waals surface area contributed by atoms with Gasteiger partial charge in [-0.05, 0) is 19.2 Å². The van der Waals surface area contributed by atoms with E-state index in [1.165, 1.54) is 6.20 Å². The van der Waals surface area contributed by atoms with Gasteiger partial charge >= 0.3 is 0 Å². The zero-order valence-corrected chi connectivity index (χ0v) is 9.30. The topological polar surface area (TPSA) is 26.0 Å². The first-order valence-electron chi connectivity index (χ1n) is 4.39. The van der Waals surface area contributed by atoms with Crippen molar-refractivity contribution in [1.82, 2.24) is 0 Å². The maximum absolute atomic E-state index is 4.89. The van der Waals surface area contributed by atoms with Gasteiger partial charge in [0.1, 0.15) is 0 Å². The lowest BCUT2D eigenvalue weighted by molar-refractivity contribution is 1.50. The van der Waals surface area contributed by atoms with Crippen LogP contribution in [0.4, 0.5) is 0 Å². The maximum Gasteiger partial charge on any atom is -0.00626 e. The molecule has 0 aromatic heterocycles. The molecule has 74 valence electrons. The first-order valence-corrected chi connectivity index (χ1v) is 4.39. The summed E-state index contributed by atoms with van der Waals surface area (Å²) in [5.74, 6) is 0. The van der Waals surface area contributed by atoms with Gasteiger partial charge in [0.15, 0.2) is 0 Å². The lowest BCUT2D eigenvalue weighted by Gasteiger charge is -1.58. The second kappa shape index (κ2) is 89.4. The highest BCUT2D eigenvalue weighted by molar-refractivity contribution is 4.93. The molecule has 0 amide bonds. The molecule has 0 aromatic rings. The highest BCUT2D eigenvalue weighted by atomic mass is 14.5. The van der Waals surface area contributed by atoms with Crippen LogP contribution in [0, 0.1) is 0 Å². The summed E-state index contributed by atoms with van der Waals surface area (Å²) in [6.07, 6.45) is 6.48. The minimum atomic E-state index is 1.44. The third-order valence-corrected chi connectivity index (χ3v) is 0.247. The van der Waals surface area contributed by atoms with Crippen LogP contribution in [0.25, 0.3) is 0 Å². The molecule has 2 N–H and O–H groups in total. The quantitative estimate of drug-likeness (QED) is 0.470. The van der Waals surface area contributed by atoms with Crippen LogP contribution < -0.4 is 5.73 Å². The minimum Gasteiger partial charge on any atom is -0.405 e. The number of rotatable bonds is 1. The third kappa shape index (κ3) is 558. The summed E-state index contributed by atoms with van der Waals surface area (Å²) in [6.45, 7) is 16.6. The molecule has 0 bridgehead atoms. The molecule has 0 aliphatic heterocycles. The highest BCUT2D eigenvalue weighted by Crippen LogP contribution is 1.58. The number of hydrogen-bond donors (Lipinski definition) is 1. The fourth-order valence-electron chi connectivity index (χ4n) is 0.0786. The molecule has 0 atom stereocenters. The Kier molecular flexibility index (Phi) is 167. The average molecular weight is 171 g/mol. The minimum absolute atomic E-state index is 1.44. The van der Waals surface area contributed by atoms with E-state index in [9.17, 15) is 0 Å². The summed E-state index contributed by atoms with van der Waals surface area (Å²) < 4.78 is 0. The molecule has 0 unspecified atom stereocenters. The zero-order chi connectivity index (χ0) is 10.8. The zero-order valence-electron chi connectivity index (χ0n) is 9.30. The molecule has 0 saturated carbocycles. The summed E-state index contributed by atoms with van der Waals surface area (Å²) >= 11 is 0. The van der Waals surface area contributed by atoms with Crippen molar-refractivity contribution in [2.24, 2.45) is 5.73 Å². The second-order valence-corrected chi connectivity index (χ2v) is 1.03. The van der Waals surface area contributed by atoms with Crippen molar-refractivity contribution in [3.8, 4) is 0 Å². The molecule has 0 aliphatic carbocycles. The number of allylic oxidation sites excluding steroid dienone is 3. The predicted octanol–water partition coefficient (Wildman–Crippen LogP) is 3.89. The number of nitrogens with two attached hydrogens (primary N) is 1. The Bertz CT molecular complexity index is 73.1. The summed E-state index contributed by atoms with van der Waals surface area (Å²) in [7, 11) is 0. The molecule has 0 heterocycles. The molecular formula is C11H25N. The van der Waals surface area contributed by atoms with Crippen LogP contribution in [0.2, 0.25) is 0 Å². The van der Waals surface area contributed by atoms with Gasteiger partial charge in [-0.1, -0.05) is 46.4 Å². The van der Waals surface area contributed by atoms with Crippen LogP contribution in [0.15, 0.2) is 37.6 Å². The third-order valence-electron chi connectivity index (χ3n) is 0.247. The van der Waals surface area contributed by atoms with Crippen LogP contribution in [0.1, 0.15) is 34.6 Å². The average Bonchev–Trinajstić information content (AvgIpc) is 2.14. The molecular weight excluding hydrogens is 146 g/mol. The standard InChI is InChI=1S/C4H7N.C3H6.2C2H6/c1-2-3-4-5;1-3-2;2*1-2/h2-4H,1,5H2;3H,1H2,2H3;2*1-2H3/b4-3-;;;. The van der Waals surface area contributed by atoms with E-state index in [0.717, 1.165) is 0 Å². The Balaban J connectivity index is -0.0000000397.